The van der Waals surface area contributed by atoms with E-state index in [1.807, 2.05) is 6.92 Å². The molecule has 0 saturated heterocycles. The molecule has 4 nitrogen and oxygen atoms in total. The third-order valence-electron chi connectivity index (χ3n) is 3.79. The number of carbonyl (C=O) groups is 1. The quantitative estimate of drug-likeness (QED) is 0.619. The molecule has 0 aliphatic heterocycles. The summed E-state index contributed by atoms with van der Waals surface area (Å²) in [6.45, 7) is 2.09. The fourth-order valence-electron chi connectivity index (χ4n) is 2.68. The first kappa shape index (κ1) is 17.6. The molecule has 0 atom stereocenters. The second-order valence-electron chi connectivity index (χ2n) is 5.63. The van der Waals surface area contributed by atoms with Crippen LogP contribution in [-0.2, 0) is 11.3 Å². The Balaban J connectivity index is 2.09. The third-order valence-corrected chi connectivity index (χ3v) is 4.53. The van der Waals surface area contributed by atoms with Gasteiger partial charge in [0.05, 0.1) is 22.0 Å². The van der Waals surface area contributed by atoms with Crippen molar-refractivity contribution < 1.29 is 19.0 Å². The molecule has 0 amide bonds. The number of ether oxygens (including phenoxy) is 1. The predicted molar refractivity (Wildman–Crippen MR) is 95.4 cm³/mol. The van der Waals surface area contributed by atoms with Crippen molar-refractivity contribution in [1.82, 2.24) is 4.57 Å². The summed E-state index contributed by atoms with van der Waals surface area (Å²) < 4.78 is 21.6. The minimum absolute atomic E-state index is 0.0488. The first-order chi connectivity index (χ1) is 11.8. The molecule has 3 aromatic rings. The number of aliphatic carboxylic acids is 1. The van der Waals surface area contributed by atoms with Gasteiger partial charge in [0.1, 0.15) is 11.6 Å². The monoisotopic (exact) mass is 381 g/mol. The number of aryl methyl sites for hydroxylation is 2. The minimum atomic E-state index is -0.909. The summed E-state index contributed by atoms with van der Waals surface area (Å²) in [6, 6.07) is 7.43. The maximum absolute atomic E-state index is 14.0. The Morgan fingerprint density at radius 1 is 1.24 bits per heavy atom. The Bertz CT molecular complexity index is 969. The van der Waals surface area contributed by atoms with Gasteiger partial charge in [0.2, 0.25) is 0 Å². The van der Waals surface area contributed by atoms with Gasteiger partial charge >= 0.3 is 5.97 Å². The highest BCUT2D eigenvalue weighted by Gasteiger charge is 2.15. The van der Waals surface area contributed by atoms with E-state index in [4.69, 9.17) is 33.0 Å². The summed E-state index contributed by atoms with van der Waals surface area (Å²) in [4.78, 5) is 10.9. The van der Waals surface area contributed by atoms with Crippen molar-refractivity contribution in [1.29, 1.82) is 0 Å². The van der Waals surface area contributed by atoms with Crippen LogP contribution in [0.1, 0.15) is 12.0 Å². The van der Waals surface area contributed by atoms with Crippen LogP contribution in [-0.4, -0.2) is 15.6 Å². The van der Waals surface area contributed by atoms with Crippen molar-refractivity contribution >= 4 is 40.1 Å². The molecule has 0 saturated carbocycles. The highest BCUT2D eigenvalue weighted by molar-refractivity contribution is 6.42. The van der Waals surface area contributed by atoms with Crippen molar-refractivity contribution in [2.24, 2.45) is 0 Å². The molecule has 0 unspecified atom stereocenters. The number of hydrogen-bond donors (Lipinski definition) is 1. The van der Waals surface area contributed by atoms with Gasteiger partial charge in [0.15, 0.2) is 5.75 Å². The molecule has 0 aliphatic rings. The zero-order valence-corrected chi connectivity index (χ0v) is 14.7. The summed E-state index contributed by atoms with van der Waals surface area (Å²) >= 11 is 11.9. The maximum atomic E-state index is 14.0. The van der Waals surface area contributed by atoms with E-state index >= 15 is 0 Å². The summed E-state index contributed by atoms with van der Waals surface area (Å²) in [5.41, 5.74) is 1.46. The van der Waals surface area contributed by atoms with Crippen molar-refractivity contribution in [3.8, 4) is 11.5 Å². The number of halogens is 3. The van der Waals surface area contributed by atoms with Crippen LogP contribution in [0.5, 0.6) is 11.5 Å². The Morgan fingerprint density at radius 2 is 2.00 bits per heavy atom. The van der Waals surface area contributed by atoms with Gasteiger partial charge in [-0.1, -0.05) is 23.2 Å². The molecule has 1 heterocycles. The summed E-state index contributed by atoms with van der Waals surface area (Å²) in [5.74, 6) is -0.660. The largest absolute Gasteiger partial charge is 0.481 e. The Hall–Kier alpha value is -2.24. The van der Waals surface area contributed by atoms with Crippen molar-refractivity contribution in [3.63, 3.8) is 0 Å². The molecular formula is C18H14Cl2FNO3. The van der Waals surface area contributed by atoms with Gasteiger partial charge in [-0.25, -0.2) is 4.39 Å². The number of nitrogens with zero attached hydrogens (tertiary/aromatic N) is 1. The van der Waals surface area contributed by atoms with Crippen LogP contribution in [0.25, 0.3) is 10.9 Å². The van der Waals surface area contributed by atoms with E-state index in [2.05, 4.69) is 0 Å². The molecule has 1 aromatic heterocycles. The van der Waals surface area contributed by atoms with Gasteiger partial charge < -0.3 is 14.4 Å². The van der Waals surface area contributed by atoms with Gasteiger partial charge in [0.25, 0.3) is 0 Å². The van der Waals surface area contributed by atoms with Crippen LogP contribution >= 0.6 is 23.2 Å². The van der Waals surface area contributed by atoms with Gasteiger partial charge in [0, 0.05) is 30.3 Å². The number of carboxylic acids is 1. The third kappa shape index (κ3) is 3.72. The highest BCUT2D eigenvalue weighted by Crippen LogP contribution is 2.36. The summed E-state index contributed by atoms with van der Waals surface area (Å²) in [7, 11) is 0. The van der Waals surface area contributed by atoms with E-state index < -0.39 is 11.8 Å². The van der Waals surface area contributed by atoms with Crippen molar-refractivity contribution in [2.75, 3.05) is 0 Å². The Morgan fingerprint density at radius 3 is 2.68 bits per heavy atom. The first-order valence-electron chi connectivity index (χ1n) is 7.49. The van der Waals surface area contributed by atoms with Crippen LogP contribution in [0.3, 0.4) is 0 Å². The molecule has 25 heavy (non-hydrogen) atoms. The van der Waals surface area contributed by atoms with Crippen molar-refractivity contribution in [2.45, 2.75) is 19.9 Å². The van der Waals surface area contributed by atoms with E-state index in [1.165, 1.54) is 18.2 Å². The maximum Gasteiger partial charge on any atom is 0.305 e. The molecule has 3 rings (SSSR count). The average molecular weight is 382 g/mol. The standard InChI is InChI=1S/C18H14Cl2FNO3/c1-10-9-22(5-4-17(23)24)18-13(10)6-11(21)7-16(18)25-12-2-3-14(19)15(20)8-12/h2-3,6-9H,4-5H2,1H3,(H,23,24). The molecule has 0 bridgehead atoms. The molecule has 0 radical (unpaired) electrons. The van der Waals surface area contributed by atoms with Crippen LogP contribution in [0, 0.1) is 12.7 Å². The van der Waals surface area contributed by atoms with Crippen LogP contribution in [0.4, 0.5) is 4.39 Å². The predicted octanol–water partition coefficient (Wildman–Crippen LogP) is 5.66. The van der Waals surface area contributed by atoms with Crippen molar-refractivity contribution in [3.05, 3.63) is 58.0 Å². The van der Waals surface area contributed by atoms with Gasteiger partial charge in [-0.05, 0) is 30.7 Å². The topological polar surface area (TPSA) is 51.5 Å². The van der Waals surface area contributed by atoms with Gasteiger partial charge in [-0.15, -0.1) is 0 Å². The van der Waals surface area contributed by atoms with Crippen LogP contribution in [0.2, 0.25) is 10.0 Å². The Labute approximate surface area is 153 Å². The molecule has 1 N–H and O–H groups in total. The normalized spacial score (nSPS) is 11.0. The van der Waals surface area contributed by atoms with Crippen LogP contribution < -0.4 is 4.74 Å². The molecule has 0 aliphatic carbocycles. The lowest BCUT2D eigenvalue weighted by Gasteiger charge is -2.11. The number of hydrogen-bond acceptors (Lipinski definition) is 2. The first-order valence-corrected chi connectivity index (χ1v) is 8.24. The fourth-order valence-corrected chi connectivity index (χ4v) is 2.96. The number of benzene rings is 2. The van der Waals surface area contributed by atoms with E-state index in [0.29, 0.717) is 26.7 Å². The zero-order valence-electron chi connectivity index (χ0n) is 13.2. The smallest absolute Gasteiger partial charge is 0.305 e. The SMILES string of the molecule is Cc1cn(CCC(=O)O)c2c(Oc3ccc(Cl)c(Cl)c3)cc(F)cc12. The zero-order chi connectivity index (χ0) is 18.1. The van der Waals surface area contributed by atoms with E-state index in [1.54, 1.807) is 22.9 Å². The second kappa shape index (κ2) is 6.94. The second-order valence-corrected chi connectivity index (χ2v) is 6.44. The lowest BCUT2D eigenvalue weighted by molar-refractivity contribution is -0.137. The molecule has 130 valence electrons. The van der Waals surface area contributed by atoms with Gasteiger partial charge in [-0.3, -0.25) is 4.79 Å². The van der Waals surface area contributed by atoms with Gasteiger partial charge in [-0.2, -0.15) is 0 Å². The number of rotatable bonds is 5. The molecular weight excluding hydrogens is 368 g/mol. The molecule has 0 spiro atoms. The molecule has 2 aromatic carbocycles. The van der Waals surface area contributed by atoms with E-state index in [-0.39, 0.29) is 18.7 Å². The van der Waals surface area contributed by atoms with E-state index in [0.717, 1.165) is 5.56 Å². The summed E-state index contributed by atoms with van der Waals surface area (Å²) in [5, 5.41) is 10.3. The number of aromatic nitrogens is 1. The van der Waals surface area contributed by atoms with E-state index in [9.17, 15) is 9.18 Å². The molecule has 0 fully saturated rings. The van der Waals surface area contributed by atoms with Crippen LogP contribution in [0.15, 0.2) is 36.5 Å². The lowest BCUT2D eigenvalue weighted by atomic mass is 10.2. The fraction of sp³-hybridized carbons (Fsp3) is 0.167. The number of fused-ring (bicyclic) bond motifs is 1. The average Bonchev–Trinajstić information content (AvgIpc) is 2.85. The lowest BCUT2D eigenvalue weighted by Crippen LogP contribution is -2.04. The Kier molecular flexibility index (Phi) is 4.88. The number of carboxylic acid groups (broad SMARTS) is 1. The minimum Gasteiger partial charge on any atom is -0.481 e. The molecule has 7 heteroatoms. The summed E-state index contributed by atoms with van der Waals surface area (Å²) in [6.07, 6.45) is 1.74. The highest BCUT2D eigenvalue weighted by atomic mass is 35.5.